The van der Waals surface area contributed by atoms with Crippen LogP contribution in [-0.2, 0) is 84.6 Å². The third kappa shape index (κ3) is 12.5. The Morgan fingerprint density at radius 3 is 0.935 bits per heavy atom. The summed E-state index contributed by atoms with van der Waals surface area (Å²) in [4.78, 5) is 18.8. The third-order valence-electron chi connectivity index (χ3n) is 22.4. The van der Waals surface area contributed by atoms with Crippen LogP contribution in [0, 0.1) is 111 Å². The average Bonchev–Trinajstić information content (AvgIpc) is 1.52. The smallest absolute Gasteiger partial charge is 0.277 e. The maximum atomic E-state index is 7.79. The number of hydrogen-bond donors (Lipinski definition) is 0. The number of aryl methyl sites for hydroxylation is 24. The minimum Gasteiger partial charge on any atom is -0.308 e. The molecule has 552 valence electrons. The maximum absolute atomic E-state index is 7.79. The molecule has 0 aromatic carbocycles. The van der Waals surface area contributed by atoms with E-state index in [1.165, 1.54) is 119 Å². The molecule has 16 heterocycles. The van der Waals surface area contributed by atoms with Gasteiger partial charge in [-0.3, -0.25) is 17.6 Å². The van der Waals surface area contributed by atoms with Crippen LogP contribution < -0.4 is 36.5 Å². The van der Waals surface area contributed by atoms with E-state index in [1.807, 2.05) is 55.2 Å². The van der Waals surface area contributed by atoms with E-state index in [2.05, 4.69) is 357 Å². The van der Waals surface area contributed by atoms with E-state index in [4.69, 9.17) is 19.1 Å². The van der Waals surface area contributed by atoms with E-state index in [1.54, 1.807) is 0 Å². The fourth-order valence-electron chi connectivity index (χ4n) is 16.2. The number of hydrogen-bond acceptors (Lipinski definition) is 4. The molecule has 0 radical (unpaired) electrons. The molecule has 0 aliphatic rings. The van der Waals surface area contributed by atoms with Crippen molar-refractivity contribution in [3.05, 3.63) is 237 Å². The molecule has 0 spiro atoms. The van der Waals surface area contributed by atoms with Crippen molar-refractivity contribution in [2.75, 3.05) is 0 Å². The minimum absolute atomic E-state index is 0.161. The first kappa shape index (κ1) is 70.5. The topological polar surface area (TPSA) is 120 Å². The number of fused-ring (bicyclic) bond motifs is 4. The van der Waals surface area contributed by atoms with Gasteiger partial charge in [-0.15, -0.1) is 0 Å². The van der Waals surface area contributed by atoms with Gasteiger partial charge in [-0.25, -0.2) is 19.9 Å². The summed E-state index contributed by atoms with van der Waals surface area (Å²) in [6.07, 6.45) is 8.41. The van der Waals surface area contributed by atoms with Crippen molar-refractivity contribution >= 4 is 23.1 Å². The molecule has 0 amide bonds. The van der Waals surface area contributed by atoms with Crippen LogP contribution in [-0.4, -0.2) is 55.8 Å². The zero-order valence-electron chi connectivity index (χ0n) is 71.3. The molecule has 0 aliphatic carbocycles. The van der Waals surface area contributed by atoms with Gasteiger partial charge in [0, 0.05) is 152 Å². The fourth-order valence-corrected chi connectivity index (χ4v) is 16.2. The highest BCUT2D eigenvalue weighted by molar-refractivity contribution is 5.68. The molecule has 16 aromatic heterocycles. The molecule has 0 unspecified atom stereocenters. The van der Waals surface area contributed by atoms with Gasteiger partial charge >= 0.3 is 0 Å². The van der Waals surface area contributed by atoms with Crippen molar-refractivity contribution in [3.63, 3.8) is 0 Å². The van der Waals surface area contributed by atoms with E-state index < -0.39 is 6.85 Å². The van der Waals surface area contributed by atoms with Crippen LogP contribution >= 0.6 is 0 Å². The summed E-state index contributed by atoms with van der Waals surface area (Å²) < 4.78 is 58.3. The second-order valence-corrected chi connectivity index (χ2v) is 29.6. The summed E-state index contributed by atoms with van der Waals surface area (Å²) in [7, 11) is 25.1. The summed E-state index contributed by atoms with van der Waals surface area (Å²) >= 11 is 0. The lowest BCUT2D eigenvalue weighted by molar-refractivity contribution is -0.685. The van der Waals surface area contributed by atoms with Crippen molar-refractivity contribution in [2.45, 2.75) is 111 Å². The van der Waals surface area contributed by atoms with Crippen LogP contribution in [0.4, 0.5) is 0 Å². The zero-order chi connectivity index (χ0) is 80.3. The van der Waals surface area contributed by atoms with E-state index in [0.29, 0.717) is 11.5 Å². The van der Waals surface area contributed by atoms with Gasteiger partial charge < -0.3 is 18.3 Å². The molecule has 0 N–H and O–H groups in total. The van der Waals surface area contributed by atoms with Crippen LogP contribution in [0.15, 0.2) is 146 Å². The Kier molecular flexibility index (Phi) is 18.6. The minimum atomic E-state index is -2.23. The highest BCUT2D eigenvalue weighted by Gasteiger charge is 2.34. The maximum Gasteiger partial charge on any atom is 0.277 e. The van der Waals surface area contributed by atoms with Crippen molar-refractivity contribution in [1.82, 2.24) is 55.8 Å². The molecule has 0 bridgehead atoms. The zero-order valence-corrected chi connectivity index (χ0v) is 68.3. The monoisotopic (exact) mass is 1450 g/mol. The van der Waals surface area contributed by atoms with E-state index >= 15 is 0 Å². The van der Waals surface area contributed by atoms with Gasteiger partial charge in [0.2, 0.25) is 45.9 Å². The molecule has 20 heteroatoms. The lowest BCUT2D eigenvalue weighted by Crippen LogP contribution is -2.40. The predicted molar refractivity (Wildman–Crippen MR) is 425 cm³/mol. The Hall–Kier alpha value is -11.8. The summed E-state index contributed by atoms with van der Waals surface area (Å²) in [6.45, 7) is 29.3. The number of imidazole rings is 8. The van der Waals surface area contributed by atoms with Gasteiger partial charge in [0.1, 0.15) is 79.2 Å². The van der Waals surface area contributed by atoms with Crippen molar-refractivity contribution in [3.8, 4) is 91.1 Å². The van der Waals surface area contributed by atoms with Crippen LogP contribution in [0.3, 0.4) is 0 Å². The van der Waals surface area contributed by atoms with Crippen molar-refractivity contribution < 1.29 is 40.6 Å². The van der Waals surface area contributed by atoms with E-state index in [-0.39, 0.29) is 5.69 Å². The normalized spacial score (nSPS) is 12.0. The molecule has 108 heavy (non-hydrogen) atoms. The lowest BCUT2D eigenvalue weighted by atomic mass is 10.1. The molecular formula is C88H108N20+8. The molecule has 0 aliphatic heterocycles. The molecule has 16 aromatic rings. The molecule has 0 atom stereocenters. The Balaban J connectivity index is 0.000000130. The third-order valence-corrected chi connectivity index (χ3v) is 22.4. The first-order chi connectivity index (χ1) is 52.4. The number of rotatable bonds is 8. The first-order valence-corrected chi connectivity index (χ1v) is 36.9. The summed E-state index contributed by atoms with van der Waals surface area (Å²) in [6, 6.07) is 43.0. The lowest BCUT2D eigenvalue weighted by Gasteiger charge is -2.08. The van der Waals surface area contributed by atoms with Gasteiger partial charge in [0.05, 0.1) is 45.6 Å². The molecule has 0 saturated heterocycles. The Morgan fingerprint density at radius 1 is 0.259 bits per heavy atom. The van der Waals surface area contributed by atoms with E-state index in [9.17, 15) is 0 Å². The number of pyridine rings is 8. The average molecular weight is 1450 g/mol. The van der Waals surface area contributed by atoms with Crippen LogP contribution in [0.1, 0.15) is 94.7 Å². The molecular weight excluding hydrogens is 1340 g/mol. The van der Waals surface area contributed by atoms with Crippen LogP contribution in [0.2, 0.25) is 0 Å². The van der Waals surface area contributed by atoms with Crippen LogP contribution in [0.25, 0.3) is 114 Å². The van der Waals surface area contributed by atoms with Crippen LogP contribution in [0.5, 0.6) is 0 Å². The SMILES string of the molecule is Cc1cc(-c2c(C)n3c(C)c(C)nc3n2C)[n+](C)c(-c2cccc[n+]2C)c1.Cc1cc[n+](C)c(-c2cccc(-c3c(C)n4c(C)c(C)nc4n3C)[n+]2C)c1.Cc1ccc(-c2cccc(-c3c(C)n4c(C)c(C)nc4n3C)[n+]2C)[n+](C)c1.[2H]C([2H])([2H])c1nc2n(C)c(-c3cc(C)cc(-c4cccc[n+]4C)[n+]3C)c(C)n2c1C. The number of nitrogens with zero attached hydrogens (tertiary/aromatic N) is 20. The van der Waals surface area contributed by atoms with Crippen molar-refractivity contribution in [1.29, 1.82) is 0 Å². The Labute approximate surface area is 639 Å². The van der Waals surface area contributed by atoms with Gasteiger partial charge in [-0.05, 0) is 158 Å². The summed E-state index contributed by atoms with van der Waals surface area (Å²) in [5.41, 5.74) is 35.8. The molecule has 0 saturated carbocycles. The highest BCUT2D eigenvalue weighted by Crippen LogP contribution is 2.33. The molecule has 20 nitrogen and oxygen atoms in total. The standard InChI is InChI=1S/4C22H27N5/c1-14-11-12-18(24(5)13-14)19-9-8-10-20(25(19)6)21-17(4)27-16(3)15(2)23-22(27)26(21)7;1-14-11-12-24(5)20(13-14)18-9-8-10-19(25(18)6)21-17(4)27-16(3)15(2)23-22(27)26(21)7;2*1-14-12-19(18-10-8-9-11-24(18)5)25(6)20(13-14)21-17(4)27-16(3)15(2)23-22(27)26(21)7/h4*8-13H,1-7H3/q4*+2/i;;2D3;. The van der Waals surface area contributed by atoms with Gasteiger partial charge in [-0.2, -0.15) is 36.5 Å². The largest absolute Gasteiger partial charge is 0.308 e. The first-order valence-electron chi connectivity index (χ1n) is 38.4. The molecule has 16 rings (SSSR count). The predicted octanol–water partition coefficient (Wildman–Crippen LogP) is 11.6. The van der Waals surface area contributed by atoms with Gasteiger partial charge in [0.15, 0.2) is 24.8 Å². The fraction of sp³-hybridized carbons (Fsp3) is 0.318. The Morgan fingerprint density at radius 2 is 0.565 bits per heavy atom. The number of aromatic nitrogens is 20. The second-order valence-electron chi connectivity index (χ2n) is 29.6. The van der Waals surface area contributed by atoms with E-state index in [0.717, 1.165) is 68.4 Å². The van der Waals surface area contributed by atoms with Crippen molar-refractivity contribution in [2.24, 2.45) is 84.6 Å². The summed E-state index contributed by atoms with van der Waals surface area (Å²) in [5, 5.41) is 0. The molecule has 0 fully saturated rings. The summed E-state index contributed by atoms with van der Waals surface area (Å²) in [5.74, 6) is 3.61. The second kappa shape index (κ2) is 28.5. The highest BCUT2D eigenvalue weighted by atomic mass is 15.3. The quantitative estimate of drug-likeness (QED) is 0.141. The van der Waals surface area contributed by atoms with Gasteiger partial charge in [-0.1, -0.05) is 0 Å². The van der Waals surface area contributed by atoms with Gasteiger partial charge in [0.25, 0.3) is 45.6 Å². The Bertz CT molecular complexity index is 6420.